The molecule has 2 aromatic carbocycles. The van der Waals surface area contributed by atoms with Crippen molar-refractivity contribution < 1.29 is 9.53 Å². The molecule has 0 N–H and O–H groups in total. The van der Waals surface area contributed by atoms with Crippen molar-refractivity contribution in [3.05, 3.63) is 60.2 Å². The third-order valence-corrected chi connectivity index (χ3v) is 3.25. The average molecular weight is 283 g/mol. The number of carbonyl (C=O) groups excluding carboxylic acids is 1. The first kappa shape index (κ1) is 15.1. The number of amides is 1. The Labute approximate surface area is 126 Å². The minimum atomic E-state index is 0.0296. The summed E-state index contributed by atoms with van der Waals surface area (Å²) in [6, 6.07) is 16.9. The lowest BCUT2D eigenvalue weighted by atomic mass is 10.2. The van der Waals surface area contributed by atoms with Gasteiger partial charge in [-0.2, -0.15) is 0 Å². The molecular formula is C18H21NO2. The summed E-state index contributed by atoms with van der Waals surface area (Å²) in [5.41, 5.74) is 0.655. The van der Waals surface area contributed by atoms with Gasteiger partial charge in [0, 0.05) is 19.2 Å². The third kappa shape index (κ3) is 4.35. The predicted molar refractivity (Wildman–Crippen MR) is 84.8 cm³/mol. The fourth-order valence-electron chi connectivity index (χ4n) is 2.03. The second-order valence-electron chi connectivity index (χ2n) is 5.02. The molecule has 0 unspecified atom stereocenters. The lowest BCUT2D eigenvalue weighted by Crippen LogP contribution is -2.27. The first-order valence-corrected chi connectivity index (χ1v) is 7.29. The zero-order valence-electron chi connectivity index (χ0n) is 12.6. The minimum Gasteiger partial charge on any atom is -0.457 e. The van der Waals surface area contributed by atoms with Gasteiger partial charge in [-0.1, -0.05) is 37.6 Å². The molecule has 1 amide bonds. The zero-order valence-corrected chi connectivity index (χ0v) is 12.6. The number of rotatable bonds is 6. The van der Waals surface area contributed by atoms with Crippen molar-refractivity contribution in [3.63, 3.8) is 0 Å². The first-order valence-electron chi connectivity index (χ1n) is 7.29. The average Bonchev–Trinajstić information content (AvgIpc) is 2.53. The van der Waals surface area contributed by atoms with E-state index >= 15 is 0 Å². The molecule has 3 nitrogen and oxygen atoms in total. The standard InChI is InChI=1S/C18H21NO2/c1-3-4-13-19(2)18(20)15-9-8-12-17(14-15)21-16-10-6-5-7-11-16/h5-12,14H,3-4,13H2,1-2H3. The molecule has 2 aromatic rings. The van der Waals surface area contributed by atoms with Gasteiger partial charge in [0.05, 0.1) is 0 Å². The maximum atomic E-state index is 12.3. The number of hydrogen-bond acceptors (Lipinski definition) is 2. The molecule has 0 saturated heterocycles. The molecule has 0 fully saturated rings. The van der Waals surface area contributed by atoms with Crippen LogP contribution >= 0.6 is 0 Å². The van der Waals surface area contributed by atoms with Gasteiger partial charge in [-0.15, -0.1) is 0 Å². The smallest absolute Gasteiger partial charge is 0.253 e. The summed E-state index contributed by atoms with van der Waals surface area (Å²) in [6.45, 7) is 2.89. The Bertz CT molecular complexity index is 581. The van der Waals surface area contributed by atoms with Crippen molar-refractivity contribution >= 4 is 5.91 Å². The van der Waals surface area contributed by atoms with Crippen molar-refractivity contribution in [1.82, 2.24) is 4.90 Å². The highest BCUT2D eigenvalue weighted by Crippen LogP contribution is 2.22. The maximum Gasteiger partial charge on any atom is 0.253 e. The second-order valence-corrected chi connectivity index (χ2v) is 5.02. The molecule has 0 radical (unpaired) electrons. The Balaban J connectivity index is 2.08. The number of unbranched alkanes of at least 4 members (excludes halogenated alkanes) is 1. The Kier molecular flexibility index (Phi) is 5.38. The number of carbonyl (C=O) groups is 1. The summed E-state index contributed by atoms with van der Waals surface area (Å²) in [6.07, 6.45) is 2.09. The SMILES string of the molecule is CCCCN(C)C(=O)c1cccc(Oc2ccccc2)c1. The number of para-hydroxylation sites is 1. The van der Waals surface area contributed by atoms with Crippen LogP contribution in [0.2, 0.25) is 0 Å². The molecule has 0 aliphatic carbocycles. The first-order chi connectivity index (χ1) is 10.2. The van der Waals surface area contributed by atoms with Crippen LogP contribution in [0, 0.1) is 0 Å². The quantitative estimate of drug-likeness (QED) is 0.788. The molecule has 110 valence electrons. The van der Waals surface area contributed by atoms with Gasteiger partial charge in [0.2, 0.25) is 0 Å². The summed E-state index contributed by atoms with van der Waals surface area (Å²) in [4.78, 5) is 14.1. The van der Waals surface area contributed by atoms with Gasteiger partial charge in [0.15, 0.2) is 0 Å². The lowest BCUT2D eigenvalue weighted by molar-refractivity contribution is 0.0793. The Hall–Kier alpha value is -2.29. The molecule has 3 heteroatoms. The van der Waals surface area contributed by atoms with Crippen molar-refractivity contribution in [2.24, 2.45) is 0 Å². The molecule has 2 rings (SSSR count). The van der Waals surface area contributed by atoms with Gasteiger partial charge in [0.25, 0.3) is 5.91 Å². The van der Waals surface area contributed by atoms with Crippen LogP contribution in [0.4, 0.5) is 0 Å². The second kappa shape index (κ2) is 7.48. The fourth-order valence-corrected chi connectivity index (χ4v) is 2.03. The molecule has 0 spiro atoms. The Morgan fingerprint density at radius 3 is 2.48 bits per heavy atom. The maximum absolute atomic E-state index is 12.3. The topological polar surface area (TPSA) is 29.5 Å². The van der Waals surface area contributed by atoms with Crippen molar-refractivity contribution in [3.8, 4) is 11.5 Å². The van der Waals surface area contributed by atoms with Crippen LogP contribution in [0.15, 0.2) is 54.6 Å². The number of hydrogen-bond donors (Lipinski definition) is 0. The van der Waals surface area contributed by atoms with Crippen LogP contribution in [-0.2, 0) is 0 Å². The molecule has 0 atom stereocenters. The van der Waals surface area contributed by atoms with Gasteiger partial charge in [-0.25, -0.2) is 0 Å². The molecular weight excluding hydrogens is 262 g/mol. The molecule has 21 heavy (non-hydrogen) atoms. The highest BCUT2D eigenvalue weighted by molar-refractivity contribution is 5.94. The molecule has 0 saturated carbocycles. The van der Waals surface area contributed by atoms with E-state index in [0.29, 0.717) is 11.3 Å². The number of ether oxygens (including phenoxy) is 1. The van der Waals surface area contributed by atoms with E-state index in [0.717, 1.165) is 25.1 Å². The summed E-state index contributed by atoms with van der Waals surface area (Å²) in [5.74, 6) is 1.47. The highest BCUT2D eigenvalue weighted by atomic mass is 16.5. The van der Waals surface area contributed by atoms with Gasteiger partial charge in [-0.3, -0.25) is 4.79 Å². The van der Waals surface area contributed by atoms with Gasteiger partial charge >= 0.3 is 0 Å². The number of benzene rings is 2. The van der Waals surface area contributed by atoms with Crippen LogP contribution in [0.5, 0.6) is 11.5 Å². The van der Waals surface area contributed by atoms with Crippen molar-refractivity contribution in [2.45, 2.75) is 19.8 Å². The van der Waals surface area contributed by atoms with Crippen LogP contribution in [-0.4, -0.2) is 24.4 Å². The minimum absolute atomic E-state index is 0.0296. The highest BCUT2D eigenvalue weighted by Gasteiger charge is 2.11. The molecule has 0 aliphatic heterocycles. The van der Waals surface area contributed by atoms with Crippen LogP contribution in [0.25, 0.3) is 0 Å². The van der Waals surface area contributed by atoms with E-state index in [1.807, 2.05) is 55.6 Å². The van der Waals surface area contributed by atoms with E-state index in [9.17, 15) is 4.79 Å². The predicted octanol–water partition coefficient (Wildman–Crippen LogP) is 4.35. The van der Waals surface area contributed by atoms with E-state index in [-0.39, 0.29) is 5.91 Å². The molecule has 0 aliphatic rings. The van der Waals surface area contributed by atoms with Gasteiger partial charge in [-0.05, 0) is 36.8 Å². The summed E-state index contributed by atoms with van der Waals surface area (Å²) < 4.78 is 5.76. The lowest BCUT2D eigenvalue weighted by Gasteiger charge is -2.17. The van der Waals surface area contributed by atoms with E-state index in [4.69, 9.17) is 4.74 Å². The summed E-state index contributed by atoms with van der Waals surface area (Å²) in [7, 11) is 1.84. The van der Waals surface area contributed by atoms with Crippen LogP contribution in [0.1, 0.15) is 30.1 Å². The fraction of sp³-hybridized carbons (Fsp3) is 0.278. The monoisotopic (exact) mass is 283 g/mol. The third-order valence-electron chi connectivity index (χ3n) is 3.25. The summed E-state index contributed by atoms with van der Waals surface area (Å²) in [5, 5.41) is 0. The Morgan fingerprint density at radius 2 is 1.76 bits per heavy atom. The summed E-state index contributed by atoms with van der Waals surface area (Å²) >= 11 is 0. The zero-order chi connectivity index (χ0) is 15.1. The largest absolute Gasteiger partial charge is 0.457 e. The van der Waals surface area contributed by atoms with Gasteiger partial charge < -0.3 is 9.64 Å². The van der Waals surface area contributed by atoms with Gasteiger partial charge in [0.1, 0.15) is 11.5 Å². The molecule has 0 bridgehead atoms. The van der Waals surface area contributed by atoms with E-state index in [2.05, 4.69) is 6.92 Å². The normalized spacial score (nSPS) is 10.2. The van der Waals surface area contributed by atoms with Crippen molar-refractivity contribution in [2.75, 3.05) is 13.6 Å². The molecule has 0 aromatic heterocycles. The number of nitrogens with zero attached hydrogens (tertiary/aromatic N) is 1. The van der Waals surface area contributed by atoms with E-state index in [1.165, 1.54) is 0 Å². The van der Waals surface area contributed by atoms with Crippen LogP contribution in [0.3, 0.4) is 0 Å². The van der Waals surface area contributed by atoms with Crippen LogP contribution < -0.4 is 4.74 Å². The van der Waals surface area contributed by atoms with E-state index in [1.54, 1.807) is 11.0 Å². The van der Waals surface area contributed by atoms with Crippen molar-refractivity contribution in [1.29, 1.82) is 0 Å². The molecule has 0 heterocycles. The Morgan fingerprint density at radius 1 is 1.05 bits per heavy atom. The van der Waals surface area contributed by atoms with E-state index < -0.39 is 0 Å².